The van der Waals surface area contributed by atoms with Crippen molar-refractivity contribution in [2.45, 2.75) is 19.3 Å². The highest BCUT2D eigenvalue weighted by molar-refractivity contribution is 5.70. The van der Waals surface area contributed by atoms with Crippen LogP contribution in [0.3, 0.4) is 0 Å². The number of nitrogens with zero attached hydrogens (tertiary/aromatic N) is 1. The molecule has 0 aliphatic heterocycles. The summed E-state index contributed by atoms with van der Waals surface area (Å²) in [6.07, 6.45) is 6.72. The van der Waals surface area contributed by atoms with Crippen molar-refractivity contribution in [2.24, 2.45) is 17.8 Å². The summed E-state index contributed by atoms with van der Waals surface area (Å²) >= 11 is 0. The zero-order valence-corrected chi connectivity index (χ0v) is 12.8. The molecule has 2 nitrogen and oxygen atoms in total. The quantitative estimate of drug-likeness (QED) is 0.828. The molecule has 1 fully saturated rings. The van der Waals surface area contributed by atoms with Crippen LogP contribution in [0.5, 0.6) is 5.75 Å². The highest BCUT2D eigenvalue weighted by Crippen LogP contribution is 2.48. The van der Waals surface area contributed by atoms with E-state index in [1.807, 2.05) is 6.07 Å². The van der Waals surface area contributed by atoms with Gasteiger partial charge in [-0.05, 0) is 74.4 Å². The first-order valence-electron chi connectivity index (χ1n) is 7.68. The minimum atomic E-state index is 0.677. The van der Waals surface area contributed by atoms with Gasteiger partial charge in [-0.25, -0.2) is 0 Å². The van der Waals surface area contributed by atoms with E-state index in [0.29, 0.717) is 5.92 Å². The van der Waals surface area contributed by atoms with Gasteiger partial charge in [-0.2, -0.15) is 0 Å². The molecule has 2 aliphatic rings. The summed E-state index contributed by atoms with van der Waals surface area (Å²) in [5.74, 6) is 3.31. The van der Waals surface area contributed by atoms with Gasteiger partial charge in [0.1, 0.15) is 5.75 Å². The van der Waals surface area contributed by atoms with E-state index in [-0.39, 0.29) is 0 Å². The van der Waals surface area contributed by atoms with Crippen LogP contribution < -0.4 is 4.74 Å². The van der Waals surface area contributed by atoms with Crippen molar-refractivity contribution < 1.29 is 4.74 Å². The molecule has 2 aliphatic carbocycles. The SMILES string of the molecule is COc1cccc(C2=C[C@H]3CC[C@H](C3)[C@@H]2CN(C)C)c1. The molecule has 0 aromatic heterocycles. The monoisotopic (exact) mass is 271 g/mol. The molecular weight excluding hydrogens is 246 g/mol. The number of benzene rings is 1. The summed E-state index contributed by atoms with van der Waals surface area (Å²) in [5, 5.41) is 0. The standard InChI is InChI=1S/C18H25NO/c1-19(2)12-18-15-8-7-13(9-15)10-17(18)14-5-4-6-16(11-14)20-3/h4-6,10-11,13,15,18H,7-9,12H2,1-3H3/t13-,15+,18-/m0/s1. The van der Waals surface area contributed by atoms with E-state index in [2.05, 4.69) is 43.3 Å². The lowest BCUT2D eigenvalue weighted by atomic mass is 9.76. The van der Waals surface area contributed by atoms with E-state index in [0.717, 1.165) is 24.1 Å². The van der Waals surface area contributed by atoms with Crippen LogP contribution in [0.25, 0.3) is 5.57 Å². The largest absolute Gasteiger partial charge is 0.497 e. The highest BCUT2D eigenvalue weighted by atomic mass is 16.5. The maximum atomic E-state index is 5.39. The fourth-order valence-electron chi connectivity index (χ4n) is 3.95. The molecule has 2 heteroatoms. The lowest BCUT2D eigenvalue weighted by Gasteiger charge is -2.32. The molecule has 0 spiro atoms. The van der Waals surface area contributed by atoms with Crippen LogP contribution in [0.15, 0.2) is 30.3 Å². The number of rotatable bonds is 4. The van der Waals surface area contributed by atoms with E-state index in [1.165, 1.54) is 24.8 Å². The minimum Gasteiger partial charge on any atom is -0.497 e. The molecule has 0 amide bonds. The Morgan fingerprint density at radius 1 is 1.25 bits per heavy atom. The highest BCUT2D eigenvalue weighted by Gasteiger charge is 2.37. The molecule has 0 N–H and O–H groups in total. The zero-order chi connectivity index (χ0) is 14.1. The van der Waals surface area contributed by atoms with Crippen LogP contribution in [0.1, 0.15) is 24.8 Å². The first-order valence-corrected chi connectivity index (χ1v) is 7.68. The van der Waals surface area contributed by atoms with Crippen molar-refractivity contribution in [1.82, 2.24) is 4.90 Å². The Bertz CT molecular complexity index is 506. The van der Waals surface area contributed by atoms with Gasteiger partial charge < -0.3 is 9.64 Å². The summed E-state index contributed by atoms with van der Waals surface area (Å²) in [6, 6.07) is 8.57. The van der Waals surface area contributed by atoms with Gasteiger partial charge in [0.25, 0.3) is 0 Å². The number of hydrogen-bond acceptors (Lipinski definition) is 2. The second-order valence-electron chi connectivity index (χ2n) is 6.56. The summed E-state index contributed by atoms with van der Waals surface area (Å²) in [7, 11) is 6.11. The lowest BCUT2D eigenvalue weighted by molar-refractivity contribution is 0.289. The molecule has 1 aromatic rings. The van der Waals surface area contributed by atoms with Crippen molar-refractivity contribution in [2.75, 3.05) is 27.7 Å². The number of allylic oxidation sites excluding steroid dienone is 1. The van der Waals surface area contributed by atoms with Gasteiger partial charge in [-0.3, -0.25) is 0 Å². The Balaban J connectivity index is 1.95. The third-order valence-corrected chi connectivity index (χ3v) is 4.86. The molecule has 1 saturated carbocycles. The molecule has 0 heterocycles. The van der Waals surface area contributed by atoms with Gasteiger partial charge in [0.2, 0.25) is 0 Å². The number of ether oxygens (including phenoxy) is 1. The number of methoxy groups -OCH3 is 1. The van der Waals surface area contributed by atoms with Crippen LogP contribution in [-0.4, -0.2) is 32.6 Å². The molecule has 0 saturated heterocycles. The smallest absolute Gasteiger partial charge is 0.119 e. The summed E-state index contributed by atoms with van der Waals surface area (Å²) in [4.78, 5) is 2.33. The van der Waals surface area contributed by atoms with Gasteiger partial charge >= 0.3 is 0 Å². The minimum absolute atomic E-state index is 0.677. The average molecular weight is 271 g/mol. The average Bonchev–Trinajstić information content (AvgIpc) is 2.84. The first kappa shape index (κ1) is 13.7. The topological polar surface area (TPSA) is 12.5 Å². The van der Waals surface area contributed by atoms with Crippen molar-refractivity contribution in [3.8, 4) is 5.75 Å². The van der Waals surface area contributed by atoms with E-state index in [9.17, 15) is 0 Å². The van der Waals surface area contributed by atoms with E-state index < -0.39 is 0 Å². The molecule has 0 radical (unpaired) electrons. The Labute approximate surface area is 122 Å². The zero-order valence-electron chi connectivity index (χ0n) is 12.8. The van der Waals surface area contributed by atoms with Gasteiger partial charge in [0.05, 0.1) is 7.11 Å². The van der Waals surface area contributed by atoms with Gasteiger partial charge in [0, 0.05) is 6.54 Å². The number of fused-ring (bicyclic) bond motifs is 2. The summed E-state index contributed by atoms with van der Waals surface area (Å²) in [5.41, 5.74) is 2.91. The maximum absolute atomic E-state index is 5.39. The summed E-state index contributed by atoms with van der Waals surface area (Å²) in [6.45, 7) is 1.15. The Morgan fingerprint density at radius 3 is 2.85 bits per heavy atom. The number of hydrogen-bond donors (Lipinski definition) is 0. The van der Waals surface area contributed by atoms with Gasteiger partial charge in [-0.15, -0.1) is 0 Å². The molecule has 3 rings (SSSR count). The van der Waals surface area contributed by atoms with Crippen LogP contribution >= 0.6 is 0 Å². The molecular formula is C18H25NO. The molecule has 20 heavy (non-hydrogen) atoms. The summed E-state index contributed by atoms with van der Waals surface area (Å²) < 4.78 is 5.39. The molecule has 3 atom stereocenters. The van der Waals surface area contributed by atoms with Gasteiger partial charge in [-0.1, -0.05) is 18.2 Å². The predicted octanol–water partition coefficient (Wildman–Crippen LogP) is 3.69. The lowest BCUT2D eigenvalue weighted by Crippen LogP contribution is -2.29. The van der Waals surface area contributed by atoms with Crippen molar-refractivity contribution in [3.05, 3.63) is 35.9 Å². The van der Waals surface area contributed by atoms with Crippen LogP contribution in [-0.2, 0) is 0 Å². The Hall–Kier alpha value is -1.28. The third kappa shape index (κ3) is 2.62. The predicted molar refractivity (Wildman–Crippen MR) is 83.8 cm³/mol. The van der Waals surface area contributed by atoms with Crippen molar-refractivity contribution in [1.29, 1.82) is 0 Å². The fraction of sp³-hybridized carbons (Fsp3) is 0.556. The van der Waals surface area contributed by atoms with Crippen molar-refractivity contribution in [3.63, 3.8) is 0 Å². The van der Waals surface area contributed by atoms with E-state index >= 15 is 0 Å². The fourth-order valence-corrected chi connectivity index (χ4v) is 3.95. The second-order valence-corrected chi connectivity index (χ2v) is 6.56. The van der Waals surface area contributed by atoms with Crippen LogP contribution in [0.4, 0.5) is 0 Å². The van der Waals surface area contributed by atoms with Gasteiger partial charge in [0.15, 0.2) is 0 Å². The Morgan fingerprint density at radius 2 is 2.10 bits per heavy atom. The van der Waals surface area contributed by atoms with Crippen LogP contribution in [0, 0.1) is 17.8 Å². The maximum Gasteiger partial charge on any atom is 0.119 e. The normalized spacial score (nSPS) is 28.6. The van der Waals surface area contributed by atoms with E-state index in [1.54, 1.807) is 12.7 Å². The Kier molecular flexibility index (Phi) is 3.84. The molecule has 2 bridgehead atoms. The van der Waals surface area contributed by atoms with Crippen LogP contribution in [0.2, 0.25) is 0 Å². The first-order chi connectivity index (χ1) is 9.67. The van der Waals surface area contributed by atoms with Crippen molar-refractivity contribution >= 4 is 5.57 Å². The third-order valence-electron chi connectivity index (χ3n) is 4.86. The molecule has 108 valence electrons. The molecule has 1 aromatic carbocycles. The molecule has 0 unspecified atom stereocenters. The second kappa shape index (κ2) is 5.61. The van der Waals surface area contributed by atoms with E-state index in [4.69, 9.17) is 4.74 Å².